The molecule has 132 valence electrons. The average Bonchev–Trinajstić information content (AvgIpc) is 3.02. The number of anilines is 1. The molecule has 0 spiro atoms. The molecular weight excluding hydrogens is 386 g/mol. The van der Waals surface area contributed by atoms with E-state index in [0.29, 0.717) is 16.6 Å². The van der Waals surface area contributed by atoms with Crippen LogP contribution >= 0.6 is 35.0 Å². The first-order valence-corrected chi connectivity index (χ1v) is 10.1. The van der Waals surface area contributed by atoms with Gasteiger partial charge in [-0.25, -0.2) is 14.2 Å². The van der Waals surface area contributed by atoms with Crippen LogP contribution in [0.4, 0.5) is 5.13 Å². The number of amides is 2. The molecule has 4 N–H and O–H groups in total. The van der Waals surface area contributed by atoms with Crippen molar-refractivity contribution in [1.82, 2.24) is 15.2 Å². The molecule has 0 radical (unpaired) electrons. The van der Waals surface area contributed by atoms with Gasteiger partial charge in [0.05, 0.1) is 0 Å². The number of carboxylic acids is 1. The second-order valence-corrected chi connectivity index (χ2v) is 7.56. The lowest BCUT2D eigenvalue weighted by molar-refractivity contribution is -0.150. The summed E-state index contributed by atoms with van der Waals surface area (Å²) in [6.45, 7) is 0. The van der Waals surface area contributed by atoms with Gasteiger partial charge in [-0.3, -0.25) is 14.5 Å². The predicted octanol–water partition coefficient (Wildman–Crippen LogP) is 0.161. The number of aromatic nitrogens is 1. The highest BCUT2D eigenvalue weighted by Crippen LogP contribution is 2.37. The maximum absolute atomic E-state index is 12.5. The summed E-state index contributed by atoms with van der Waals surface area (Å²) in [6, 6.07) is -0.802. The Morgan fingerprint density at radius 2 is 2.32 bits per heavy atom. The molecule has 1 unspecified atom stereocenters. The van der Waals surface area contributed by atoms with Gasteiger partial charge >= 0.3 is 5.97 Å². The summed E-state index contributed by atoms with van der Waals surface area (Å²) in [4.78, 5) is 41.3. The molecule has 1 saturated heterocycles. The molecule has 0 bridgehead atoms. The third kappa shape index (κ3) is 3.24. The molecule has 2 aliphatic heterocycles. The van der Waals surface area contributed by atoms with E-state index in [9.17, 15) is 14.4 Å². The largest absolute Gasteiger partial charge is 0.477 e. The second-order valence-electron chi connectivity index (χ2n) is 4.97. The molecular formula is C13H13N5O4S3. The molecule has 25 heavy (non-hydrogen) atoms. The Morgan fingerprint density at radius 1 is 1.56 bits per heavy atom. The zero-order valence-electron chi connectivity index (χ0n) is 12.8. The molecule has 12 heteroatoms. The molecule has 0 aliphatic carbocycles. The van der Waals surface area contributed by atoms with Crippen molar-refractivity contribution in [3.05, 3.63) is 22.8 Å². The number of nitrogens with zero attached hydrogens (tertiary/aromatic N) is 3. The summed E-state index contributed by atoms with van der Waals surface area (Å²) >= 11 is 3.65. The van der Waals surface area contributed by atoms with Crippen LogP contribution in [0.3, 0.4) is 0 Å². The highest BCUT2D eigenvalue weighted by atomic mass is 32.2. The minimum Gasteiger partial charge on any atom is -0.477 e. The van der Waals surface area contributed by atoms with Crippen molar-refractivity contribution < 1.29 is 19.5 Å². The van der Waals surface area contributed by atoms with Gasteiger partial charge in [0.25, 0.3) is 11.8 Å². The normalized spacial score (nSPS) is 22.8. The summed E-state index contributed by atoms with van der Waals surface area (Å²) in [6.07, 6.45) is 3.18. The number of aliphatic carboxylic acids is 1. The first kappa shape index (κ1) is 17.8. The first-order chi connectivity index (χ1) is 11.9. The Morgan fingerprint density at radius 3 is 2.92 bits per heavy atom. The highest BCUT2D eigenvalue weighted by molar-refractivity contribution is 8.00. The van der Waals surface area contributed by atoms with E-state index >= 15 is 0 Å². The summed E-state index contributed by atoms with van der Waals surface area (Å²) in [5.74, 6) is -1.72. The van der Waals surface area contributed by atoms with Crippen molar-refractivity contribution in [2.75, 3.05) is 17.7 Å². The summed E-state index contributed by atoms with van der Waals surface area (Å²) in [7, 11) is 0. The van der Waals surface area contributed by atoms with Crippen molar-refractivity contribution in [3.63, 3.8) is 0 Å². The molecule has 0 aromatic carbocycles. The lowest BCUT2D eigenvalue weighted by atomic mass is 10.0. The topological polar surface area (TPSA) is 138 Å². The van der Waals surface area contributed by atoms with Crippen LogP contribution in [-0.2, 0) is 14.4 Å². The minimum atomic E-state index is -1.16. The van der Waals surface area contributed by atoms with E-state index < -0.39 is 29.2 Å². The number of carbonyl (C=O) groups excluding carboxylic acids is 2. The molecule has 3 rings (SSSR count). The number of carbonyl (C=O) groups is 3. The number of rotatable bonds is 5. The van der Waals surface area contributed by atoms with Crippen LogP contribution in [-0.4, -0.2) is 61.9 Å². The summed E-state index contributed by atoms with van der Waals surface area (Å²) in [5.41, 5.74) is 5.95. The third-order valence-electron chi connectivity index (χ3n) is 3.51. The van der Waals surface area contributed by atoms with E-state index in [1.807, 2.05) is 0 Å². The van der Waals surface area contributed by atoms with Crippen molar-refractivity contribution >= 4 is 63.7 Å². The smallest absolute Gasteiger partial charge is 0.352 e. The third-order valence-corrected chi connectivity index (χ3v) is 5.74. The SMILES string of the molecule is CS/N=C(\C(=O)NC1C(=O)N2C(C(=O)O)=CCS[C@H]12)c1csc(N)n1. The molecule has 2 aliphatic rings. The fraction of sp³-hybridized carbons (Fsp3) is 0.308. The quantitative estimate of drug-likeness (QED) is 0.362. The molecule has 3 heterocycles. The Kier molecular flexibility index (Phi) is 5.01. The van der Waals surface area contributed by atoms with Gasteiger partial charge in [0.15, 0.2) is 10.8 Å². The molecule has 9 nitrogen and oxygen atoms in total. The zero-order chi connectivity index (χ0) is 18.1. The van der Waals surface area contributed by atoms with Crippen LogP contribution in [0, 0.1) is 0 Å². The summed E-state index contributed by atoms with van der Waals surface area (Å²) in [5, 5.41) is 13.3. The Bertz CT molecular complexity index is 805. The monoisotopic (exact) mass is 399 g/mol. The van der Waals surface area contributed by atoms with E-state index in [-0.39, 0.29) is 11.4 Å². The first-order valence-electron chi connectivity index (χ1n) is 6.95. The van der Waals surface area contributed by atoms with Gasteiger partial charge in [0.1, 0.15) is 22.8 Å². The number of thiazole rings is 1. The van der Waals surface area contributed by atoms with Gasteiger partial charge in [-0.15, -0.1) is 23.1 Å². The highest BCUT2D eigenvalue weighted by Gasteiger charge is 2.53. The fourth-order valence-corrected chi connectivity index (χ4v) is 4.54. The number of fused-ring (bicyclic) bond motifs is 1. The van der Waals surface area contributed by atoms with E-state index in [1.165, 1.54) is 34.1 Å². The molecule has 1 aromatic rings. The predicted molar refractivity (Wildman–Crippen MR) is 97.3 cm³/mol. The van der Waals surface area contributed by atoms with Crippen LogP contribution in [0.15, 0.2) is 21.6 Å². The van der Waals surface area contributed by atoms with E-state index in [1.54, 1.807) is 11.6 Å². The van der Waals surface area contributed by atoms with Gasteiger partial charge < -0.3 is 16.2 Å². The van der Waals surface area contributed by atoms with Crippen molar-refractivity contribution in [3.8, 4) is 0 Å². The maximum atomic E-state index is 12.5. The Hall–Kier alpha value is -2.05. The molecule has 1 aromatic heterocycles. The maximum Gasteiger partial charge on any atom is 0.352 e. The Labute approximate surface area is 154 Å². The van der Waals surface area contributed by atoms with E-state index in [2.05, 4.69) is 14.7 Å². The molecule has 2 atom stereocenters. The van der Waals surface area contributed by atoms with Crippen LogP contribution in [0.25, 0.3) is 0 Å². The van der Waals surface area contributed by atoms with Crippen LogP contribution < -0.4 is 11.1 Å². The van der Waals surface area contributed by atoms with Crippen LogP contribution in [0.2, 0.25) is 0 Å². The van der Waals surface area contributed by atoms with Gasteiger partial charge in [0.2, 0.25) is 0 Å². The lowest BCUT2D eigenvalue weighted by Crippen LogP contribution is -2.70. The number of hydrogen-bond donors (Lipinski definition) is 3. The van der Waals surface area contributed by atoms with Crippen molar-refractivity contribution in [2.45, 2.75) is 11.4 Å². The zero-order valence-corrected chi connectivity index (χ0v) is 15.3. The van der Waals surface area contributed by atoms with Gasteiger partial charge in [0, 0.05) is 17.4 Å². The number of nitrogens with one attached hydrogen (secondary N) is 1. The lowest BCUT2D eigenvalue weighted by Gasteiger charge is -2.48. The van der Waals surface area contributed by atoms with E-state index in [0.717, 1.165) is 11.9 Å². The molecule has 2 amide bonds. The van der Waals surface area contributed by atoms with E-state index in [4.69, 9.17) is 10.8 Å². The standard InChI is InChI=1S/C13H13N5O4S3/c1-23-17-7(5-4-25-13(14)15-5)9(19)16-8-10(20)18-6(12(21)22)2-3-24-11(8)18/h2,4,8,11H,3H2,1H3,(H2,14,15)(H,16,19)(H,21,22)/b17-7-/t8?,11-/m1/s1. The minimum absolute atomic E-state index is 0.0514. The number of carboxylic acid groups (broad SMARTS) is 1. The average molecular weight is 399 g/mol. The number of nitrogens with two attached hydrogens (primary N) is 1. The number of thioether (sulfide) groups is 1. The van der Waals surface area contributed by atoms with Crippen molar-refractivity contribution in [1.29, 1.82) is 0 Å². The van der Waals surface area contributed by atoms with Crippen LogP contribution in [0.5, 0.6) is 0 Å². The fourth-order valence-electron chi connectivity index (χ4n) is 2.44. The number of hydrogen-bond acceptors (Lipinski definition) is 9. The number of β-lactam (4-membered cyclic amide) rings is 1. The second kappa shape index (κ2) is 7.06. The number of nitrogen functional groups attached to an aromatic ring is 1. The van der Waals surface area contributed by atoms with Gasteiger partial charge in [-0.2, -0.15) is 0 Å². The van der Waals surface area contributed by atoms with Gasteiger partial charge in [-0.05, 0) is 18.0 Å². The Balaban J connectivity index is 1.75. The van der Waals surface area contributed by atoms with Crippen molar-refractivity contribution in [2.24, 2.45) is 4.40 Å². The summed E-state index contributed by atoms with van der Waals surface area (Å²) < 4.78 is 4.06. The van der Waals surface area contributed by atoms with Crippen LogP contribution in [0.1, 0.15) is 5.69 Å². The van der Waals surface area contributed by atoms with Gasteiger partial charge in [-0.1, -0.05) is 0 Å². The molecule has 0 saturated carbocycles. The molecule has 1 fully saturated rings.